The molecule has 0 aliphatic heterocycles. The van der Waals surface area contributed by atoms with Gasteiger partial charge in [-0.1, -0.05) is 12.1 Å². The van der Waals surface area contributed by atoms with Crippen molar-refractivity contribution in [2.75, 3.05) is 11.9 Å². The molecule has 0 spiro atoms. The molecule has 0 aliphatic rings. The lowest BCUT2D eigenvalue weighted by Gasteiger charge is -2.09. The first kappa shape index (κ1) is 19.1. The maximum absolute atomic E-state index is 13.5. The summed E-state index contributed by atoms with van der Waals surface area (Å²) in [4.78, 5) is 35.3. The number of hydrogen-bond acceptors (Lipinski definition) is 5. The molecule has 2 aromatic carbocycles. The van der Waals surface area contributed by atoms with Gasteiger partial charge in [0.15, 0.2) is 6.61 Å². The molecule has 2 aromatic rings. The van der Waals surface area contributed by atoms with Crippen LogP contribution in [0, 0.1) is 5.82 Å². The molecule has 0 unspecified atom stereocenters. The Morgan fingerprint density at radius 1 is 1.00 bits per heavy atom. The summed E-state index contributed by atoms with van der Waals surface area (Å²) in [5, 5.41) is 2.51. The Balaban J connectivity index is 1.87. The second-order valence-electron chi connectivity index (χ2n) is 5.64. The lowest BCUT2D eigenvalue weighted by atomic mass is 10.2. The van der Waals surface area contributed by atoms with Crippen LogP contribution in [0.2, 0.25) is 0 Å². The predicted octanol–water partition coefficient (Wildman–Crippen LogP) is 3.19. The SMILES string of the molecule is CC(C)OC(=O)c1ccc(NC(=O)COC(=O)c2ccccc2F)cc1. The van der Waals surface area contributed by atoms with Gasteiger partial charge < -0.3 is 14.8 Å². The molecule has 0 atom stereocenters. The molecule has 6 nitrogen and oxygen atoms in total. The fraction of sp³-hybridized carbons (Fsp3) is 0.211. The molecular weight excluding hydrogens is 341 g/mol. The molecule has 2 rings (SSSR count). The molecule has 0 aliphatic carbocycles. The van der Waals surface area contributed by atoms with Crippen molar-refractivity contribution in [2.24, 2.45) is 0 Å². The standard InChI is InChI=1S/C19H18FNO5/c1-12(2)26-18(23)13-7-9-14(10-8-13)21-17(22)11-25-19(24)15-5-3-4-6-16(15)20/h3-10,12H,11H2,1-2H3,(H,21,22). The first-order chi connectivity index (χ1) is 12.4. The van der Waals surface area contributed by atoms with E-state index < -0.39 is 30.3 Å². The normalized spacial score (nSPS) is 10.3. The van der Waals surface area contributed by atoms with Crippen molar-refractivity contribution in [3.8, 4) is 0 Å². The first-order valence-corrected chi connectivity index (χ1v) is 7.89. The highest BCUT2D eigenvalue weighted by Crippen LogP contribution is 2.12. The number of carbonyl (C=O) groups is 3. The third kappa shape index (κ3) is 5.41. The van der Waals surface area contributed by atoms with E-state index in [1.165, 1.54) is 42.5 Å². The third-order valence-electron chi connectivity index (χ3n) is 3.18. The molecule has 1 amide bonds. The van der Waals surface area contributed by atoms with Gasteiger partial charge in [0.05, 0.1) is 17.2 Å². The zero-order valence-electron chi connectivity index (χ0n) is 14.3. The van der Waals surface area contributed by atoms with Crippen molar-refractivity contribution in [3.63, 3.8) is 0 Å². The Labute approximate surface area is 149 Å². The number of esters is 2. The van der Waals surface area contributed by atoms with Gasteiger partial charge in [-0.3, -0.25) is 4.79 Å². The second-order valence-corrected chi connectivity index (χ2v) is 5.64. The van der Waals surface area contributed by atoms with Gasteiger partial charge in [-0.05, 0) is 50.2 Å². The monoisotopic (exact) mass is 359 g/mol. The van der Waals surface area contributed by atoms with E-state index in [0.717, 1.165) is 6.07 Å². The fourth-order valence-corrected chi connectivity index (χ4v) is 2.00. The number of anilines is 1. The van der Waals surface area contributed by atoms with Crippen LogP contribution in [0.5, 0.6) is 0 Å². The number of ether oxygens (including phenoxy) is 2. The molecule has 7 heteroatoms. The number of benzene rings is 2. The largest absolute Gasteiger partial charge is 0.459 e. The van der Waals surface area contributed by atoms with E-state index >= 15 is 0 Å². The summed E-state index contributed by atoms with van der Waals surface area (Å²) in [7, 11) is 0. The van der Waals surface area contributed by atoms with E-state index in [1.807, 2.05) is 0 Å². The van der Waals surface area contributed by atoms with E-state index in [4.69, 9.17) is 9.47 Å². The van der Waals surface area contributed by atoms with Crippen LogP contribution in [0.25, 0.3) is 0 Å². The summed E-state index contributed by atoms with van der Waals surface area (Å²) in [5.74, 6) is -2.70. The van der Waals surface area contributed by atoms with Crippen molar-refractivity contribution in [1.82, 2.24) is 0 Å². The van der Waals surface area contributed by atoms with Gasteiger partial charge in [-0.25, -0.2) is 14.0 Å². The Morgan fingerprint density at radius 3 is 2.27 bits per heavy atom. The van der Waals surface area contributed by atoms with E-state index in [-0.39, 0.29) is 11.7 Å². The van der Waals surface area contributed by atoms with E-state index in [9.17, 15) is 18.8 Å². The quantitative estimate of drug-likeness (QED) is 0.801. The predicted molar refractivity (Wildman–Crippen MR) is 92.3 cm³/mol. The summed E-state index contributed by atoms with van der Waals surface area (Å²) in [6, 6.07) is 11.4. The van der Waals surface area contributed by atoms with Crippen molar-refractivity contribution in [3.05, 3.63) is 65.5 Å². The third-order valence-corrected chi connectivity index (χ3v) is 3.18. The Bertz CT molecular complexity index is 802. The zero-order chi connectivity index (χ0) is 19.1. The number of nitrogens with one attached hydrogen (secondary N) is 1. The summed E-state index contributed by atoms with van der Waals surface area (Å²) in [5.41, 5.74) is 0.522. The van der Waals surface area contributed by atoms with Crippen LogP contribution in [-0.2, 0) is 14.3 Å². The van der Waals surface area contributed by atoms with Gasteiger partial charge in [0.2, 0.25) is 0 Å². The van der Waals surface area contributed by atoms with Crippen molar-refractivity contribution in [1.29, 1.82) is 0 Å². The highest BCUT2D eigenvalue weighted by molar-refractivity contribution is 5.96. The number of rotatable bonds is 6. The van der Waals surface area contributed by atoms with Crippen LogP contribution in [0.15, 0.2) is 48.5 Å². The maximum Gasteiger partial charge on any atom is 0.341 e. The van der Waals surface area contributed by atoms with Crippen LogP contribution in [0.3, 0.4) is 0 Å². The minimum absolute atomic E-state index is 0.231. The minimum atomic E-state index is -0.926. The summed E-state index contributed by atoms with van der Waals surface area (Å²) in [6.45, 7) is 2.93. The minimum Gasteiger partial charge on any atom is -0.459 e. The second kappa shape index (κ2) is 8.75. The highest BCUT2D eigenvalue weighted by atomic mass is 19.1. The van der Waals surface area contributed by atoms with Gasteiger partial charge in [0, 0.05) is 5.69 Å². The number of hydrogen-bond donors (Lipinski definition) is 1. The van der Waals surface area contributed by atoms with Crippen LogP contribution < -0.4 is 5.32 Å². The summed E-state index contributed by atoms with van der Waals surface area (Å²) < 4.78 is 23.3. The molecular formula is C19H18FNO5. The Hall–Kier alpha value is -3.22. The van der Waals surface area contributed by atoms with Crippen LogP contribution >= 0.6 is 0 Å². The molecule has 0 bridgehead atoms. The average molecular weight is 359 g/mol. The number of carbonyl (C=O) groups excluding carboxylic acids is 3. The number of amides is 1. The fourth-order valence-electron chi connectivity index (χ4n) is 2.00. The van der Waals surface area contributed by atoms with E-state index in [0.29, 0.717) is 11.3 Å². The van der Waals surface area contributed by atoms with Gasteiger partial charge >= 0.3 is 11.9 Å². The van der Waals surface area contributed by atoms with E-state index in [1.54, 1.807) is 13.8 Å². The molecule has 0 radical (unpaired) electrons. The molecule has 0 fully saturated rings. The van der Waals surface area contributed by atoms with Gasteiger partial charge in [0.1, 0.15) is 5.82 Å². The topological polar surface area (TPSA) is 81.7 Å². The molecule has 136 valence electrons. The lowest BCUT2D eigenvalue weighted by Crippen LogP contribution is -2.21. The van der Waals surface area contributed by atoms with E-state index in [2.05, 4.69) is 5.32 Å². The van der Waals surface area contributed by atoms with Gasteiger partial charge in [0.25, 0.3) is 5.91 Å². The van der Waals surface area contributed by atoms with Crippen molar-refractivity contribution < 1.29 is 28.2 Å². The molecule has 1 N–H and O–H groups in total. The van der Waals surface area contributed by atoms with Gasteiger partial charge in [-0.15, -0.1) is 0 Å². The van der Waals surface area contributed by atoms with Crippen molar-refractivity contribution >= 4 is 23.5 Å². The first-order valence-electron chi connectivity index (χ1n) is 7.89. The molecule has 0 saturated heterocycles. The Morgan fingerprint density at radius 2 is 1.65 bits per heavy atom. The molecule has 0 heterocycles. The molecule has 0 saturated carbocycles. The number of halogens is 1. The maximum atomic E-state index is 13.5. The molecule has 26 heavy (non-hydrogen) atoms. The lowest BCUT2D eigenvalue weighted by molar-refractivity contribution is -0.119. The average Bonchev–Trinajstić information content (AvgIpc) is 2.60. The van der Waals surface area contributed by atoms with Crippen LogP contribution in [-0.4, -0.2) is 30.6 Å². The molecule has 0 aromatic heterocycles. The van der Waals surface area contributed by atoms with Crippen LogP contribution in [0.1, 0.15) is 34.6 Å². The highest BCUT2D eigenvalue weighted by Gasteiger charge is 2.14. The summed E-state index contributed by atoms with van der Waals surface area (Å²) in [6.07, 6.45) is -0.231. The zero-order valence-corrected chi connectivity index (χ0v) is 14.3. The summed E-state index contributed by atoms with van der Waals surface area (Å²) >= 11 is 0. The smallest absolute Gasteiger partial charge is 0.341 e. The van der Waals surface area contributed by atoms with Gasteiger partial charge in [-0.2, -0.15) is 0 Å². The van der Waals surface area contributed by atoms with Crippen molar-refractivity contribution in [2.45, 2.75) is 20.0 Å². The van der Waals surface area contributed by atoms with Crippen LogP contribution in [0.4, 0.5) is 10.1 Å². The Kier molecular flexibility index (Phi) is 6.43.